The van der Waals surface area contributed by atoms with Crippen molar-refractivity contribution >= 4 is 21.7 Å². The van der Waals surface area contributed by atoms with Gasteiger partial charge in [-0.3, -0.25) is 14.5 Å². The summed E-state index contributed by atoms with van der Waals surface area (Å²) in [6.45, 7) is 5.86. The lowest BCUT2D eigenvalue weighted by Gasteiger charge is -2.30. The van der Waals surface area contributed by atoms with Crippen LogP contribution in [0.4, 0.5) is 0 Å². The molecule has 0 spiro atoms. The van der Waals surface area contributed by atoms with E-state index in [1.54, 1.807) is 0 Å². The second-order valence-electron chi connectivity index (χ2n) is 9.63. The predicted molar refractivity (Wildman–Crippen MR) is 135 cm³/mol. The Morgan fingerprint density at radius 2 is 1.46 bits per heavy atom. The monoisotopic (exact) mass is 497 g/mol. The van der Waals surface area contributed by atoms with Crippen LogP contribution in [0.25, 0.3) is 0 Å². The lowest BCUT2D eigenvalue weighted by molar-refractivity contribution is -0.126. The fourth-order valence-corrected chi connectivity index (χ4v) is 6.31. The Labute approximate surface area is 208 Å². The lowest BCUT2D eigenvalue weighted by Crippen LogP contribution is -2.42. The van der Waals surface area contributed by atoms with E-state index >= 15 is 0 Å². The van der Waals surface area contributed by atoms with Crippen LogP contribution in [-0.2, 0) is 27.9 Å². The van der Waals surface area contributed by atoms with Gasteiger partial charge in [0.15, 0.2) is 5.78 Å². The van der Waals surface area contributed by atoms with Gasteiger partial charge in [-0.05, 0) is 69.0 Å². The highest BCUT2D eigenvalue weighted by Crippen LogP contribution is 2.24. The molecule has 4 rings (SSSR count). The Hall–Kier alpha value is -2.55. The van der Waals surface area contributed by atoms with Gasteiger partial charge in [-0.1, -0.05) is 42.8 Å². The number of hydrogen-bond donors (Lipinski definition) is 1. The number of hydrogen-bond acceptors (Lipinski definition) is 5. The number of carbonyl (C=O) groups is 2. The molecule has 2 aliphatic rings. The second-order valence-corrected chi connectivity index (χ2v) is 11.6. The first kappa shape index (κ1) is 25.5. The fourth-order valence-electron chi connectivity index (χ4n) is 4.84. The third-order valence-electron chi connectivity index (χ3n) is 7.07. The molecule has 2 aromatic carbocycles. The number of likely N-dealkylation sites (tertiary alicyclic amines) is 1. The molecule has 0 aromatic heterocycles. The number of nitrogens with one attached hydrogen (secondary N) is 1. The Bertz CT molecular complexity index is 1120. The summed E-state index contributed by atoms with van der Waals surface area (Å²) in [5.41, 5.74) is 2.84. The van der Waals surface area contributed by atoms with E-state index in [1.807, 2.05) is 0 Å². The molecular weight excluding hydrogens is 462 g/mol. The summed E-state index contributed by atoms with van der Waals surface area (Å²) in [5.74, 6) is -0.320. The van der Waals surface area contributed by atoms with Gasteiger partial charge < -0.3 is 5.32 Å². The van der Waals surface area contributed by atoms with E-state index in [2.05, 4.69) is 34.5 Å². The largest absolute Gasteiger partial charge is 0.352 e. The van der Waals surface area contributed by atoms with Crippen molar-refractivity contribution in [2.24, 2.45) is 5.92 Å². The summed E-state index contributed by atoms with van der Waals surface area (Å²) >= 11 is 0. The maximum absolute atomic E-state index is 12.9. The first-order chi connectivity index (χ1) is 16.8. The minimum Gasteiger partial charge on any atom is -0.352 e. The number of benzene rings is 2. The van der Waals surface area contributed by atoms with Gasteiger partial charge in [-0.25, -0.2) is 8.42 Å². The van der Waals surface area contributed by atoms with Crippen molar-refractivity contribution in [2.75, 3.05) is 26.2 Å². The van der Waals surface area contributed by atoms with E-state index in [-0.39, 0.29) is 22.5 Å². The third kappa shape index (κ3) is 6.57. The van der Waals surface area contributed by atoms with E-state index < -0.39 is 10.0 Å². The SMILES string of the molecule is CC(=O)c1ccc(S(=O)(=O)N2CCC(C(=O)NCc3ccc(CN4CCCCC4)cc3)CC2)cc1. The highest BCUT2D eigenvalue weighted by molar-refractivity contribution is 7.89. The number of Topliss-reactive ketones (excluding diaryl/α,β-unsaturated/α-hetero) is 1. The highest BCUT2D eigenvalue weighted by Gasteiger charge is 2.32. The van der Waals surface area contributed by atoms with Crippen LogP contribution in [0.5, 0.6) is 0 Å². The van der Waals surface area contributed by atoms with E-state index in [9.17, 15) is 18.0 Å². The Balaban J connectivity index is 1.24. The van der Waals surface area contributed by atoms with E-state index in [0.29, 0.717) is 38.0 Å². The molecule has 2 saturated heterocycles. The molecule has 1 amide bonds. The molecule has 0 unspecified atom stereocenters. The van der Waals surface area contributed by atoms with E-state index in [4.69, 9.17) is 0 Å². The van der Waals surface area contributed by atoms with Crippen molar-refractivity contribution in [3.63, 3.8) is 0 Å². The molecule has 0 saturated carbocycles. The van der Waals surface area contributed by atoms with E-state index in [0.717, 1.165) is 12.1 Å². The number of amides is 1. The maximum atomic E-state index is 12.9. The lowest BCUT2D eigenvalue weighted by atomic mass is 9.97. The molecular formula is C27H35N3O4S. The van der Waals surface area contributed by atoms with E-state index in [1.165, 1.54) is 73.4 Å². The molecule has 0 atom stereocenters. The van der Waals surface area contributed by atoms with Crippen molar-refractivity contribution in [1.29, 1.82) is 0 Å². The van der Waals surface area contributed by atoms with Gasteiger partial charge in [-0.15, -0.1) is 0 Å². The van der Waals surface area contributed by atoms with Gasteiger partial charge in [0.2, 0.25) is 15.9 Å². The summed E-state index contributed by atoms with van der Waals surface area (Å²) < 4.78 is 27.3. The minimum atomic E-state index is -3.64. The Morgan fingerprint density at radius 3 is 2.06 bits per heavy atom. The quantitative estimate of drug-likeness (QED) is 0.563. The van der Waals surface area contributed by atoms with Gasteiger partial charge in [0.25, 0.3) is 0 Å². The van der Waals surface area contributed by atoms with Crippen LogP contribution in [0, 0.1) is 5.92 Å². The molecule has 188 valence electrons. The van der Waals surface area contributed by atoms with Crippen molar-refractivity contribution < 1.29 is 18.0 Å². The first-order valence-electron chi connectivity index (χ1n) is 12.5. The van der Waals surface area contributed by atoms with Crippen LogP contribution in [0.15, 0.2) is 53.4 Å². The van der Waals surface area contributed by atoms with Crippen LogP contribution in [0.2, 0.25) is 0 Å². The van der Waals surface area contributed by atoms with Gasteiger partial charge >= 0.3 is 0 Å². The van der Waals surface area contributed by atoms with Crippen molar-refractivity contribution in [3.05, 3.63) is 65.2 Å². The van der Waals surface area contributed by atoms with Crippen molar-refractivity contribution in [1.82, 2.24) is 14.5 Å². The zero-order valence-corrected chi connectivity index (χ0v) is 21.2. The average molecular weight is 498 g/mol. The molecule has 2 fully saturated rings. The second kappa shape index (κ2) is 11.5. The van der Waals surface area contributed by atoms with Crippen LogP contribution in [0.3, 0.4) is 0 Å². The van der Waals surface area contributed by atoms with Crippen LogP contribution < -0.4 is 5.32 Å². The molecule has 7 nitrogen and oxygen atoms in total. The molecule has 0 radical (unpaired) electrons. The number of rotatable bonds is 8. The third-order valence-corrected chi connectivity index (χ3v) is 8.98. The molecule has 1 N–H and O–H groups in total. The number of sulfonamides is 1. The van der Waals surface area contributed by atoms with Crippen LogP contribution >= 0.6 is 0 Å². The van der Waals surface area contributed by atoms with Gasteiger partial charge in [0, 0.05) is 37.7 Å². The maximum Gasteiger partial charge on any atom is 0.243 e. The fraction of sp³-hybridized carbons (Fsp3) is 0.481. The topological polar surface area (TPSA) is 86.8 Å². The minimum absolute atomic E-state index is 0.0229. The highest BCUT2D eigenvalue weighted by atomic mass is 32.2. The molecule has 35 heavy (non-hydrogen) atoms. The number of ketones is 1. The van der Waals surface area contributed by atoms with Gasteiger partial charge in [0.1, 0.15) is 0 Å². The smallest absolute Gasteiger partial charge is 0.243 e. The zero-order chi connectivity index (χ0) is 24.8. The number of nitrogens with zero attached hydrogens (tertiary/aromatic N) is 2. The summed E-state index contributed by atoms with van der Waals surface area (Å²) in [5, 5.41) is 3.02. The average Bonchev–Trinajstić information content (AvgIpc) is 2.89. The summed E-state index contributed by atoms with van der Waals surface area (Å²) in [6.07, 6.45) is 4.88. The Kier molecular flexibility index (Phi) is 8.36. The molecule has 8 heteroatoms. The van der Waals surface area contributed by atoms with Crippen LogP contribution in [0.1, 0.15) is 60.5 Å². The standard InChI is InChI=1S/C27H35N3O4S/c1-21(31)24-9-11-26(12-10-24)35(33,34)30-17-13-25(14-18-30)27(32)28-19-22-5-7-23(8-6-22)20-29-15-3-2-4-16-29/h5-12,25H,2-4,13-20H2,1H3,(H,28,32). The van der Waals surface area contributed by atoms with Crippen molar-refractivity contribution in [3.8, 4) is 0 Å². The van der Waals surface area contributed by atoms with Gasteiger partial charge in [0.05, 0.1) is 4.90 Å². The van der Waals surface area contributed by atoms with Crippen molar-refractivity contribution in [2.45, 2.75) is 57.0 Å². The molecule has 2 heterocycles. The van der Waals surface area contributed by atoms with Gasteiger partial charge in [-0.2, -0.15) is 4.31 Å². The summed E-state index contributed by atoms with van der Waals surface area (Å²) in [7, 11) is -3.64. The Morgan fingerprint density at radius 1 is 0.857 bits per heavy atom. The summed E-state index contributed by atoms with van der Waals surface area (Å²) in [4.78, 5) is 26.8. The number of carbonyl (C=O) groups excluding carboxylic acids is 2. The summed E-state index contributed by atoms with van der Waals surface area (Å²) in [6, 6.07) is 14.5. The normalized spacial score (nSPS) is 18.3. The molecule has 2 aromatic rings. The predicted octanol–water partition coefficient (Wildman–Crippen LogP) is 3.59. The zero-order valence-electron chi connectivity index (χ0n) is 20.4. The molecule has 0 aliphatic carbocycles. The first-order valence-corrected chi connectivity index (χ1v) is 14.0. The van der Waals surface area contributed by atoms with Crippen LogP contribution in [-0.4, -0.2) is 55.5 Å². The molecule has 2 aliphatic heterocycles. The molecule has 0 bridgehead atoms. The number of piperidine rings is 2.